The average Bonchev–Trinajstić information content (AvgIpc) is 3.31. The number of carbonyl (C=O) groups is 1. The monoisotopic (exact) mass is 490 g/mol. The molecule has 1 N–H and O–H groups in total. The average molecular weight is 491 g/mol. The molecule has 0 aliphatic rings. The Morgan fingerprint density at radius 1 is 1.23 bits per heavy atom. The Morgan fingerprint density at radius 3 is 2.66 bits per heavy atom. The summed E-state index contributed by atoms with van der Waals surface area (Å²) in [4.78, 5) is 19.0. The van der Waals surface area contributed by atoms with Crippen LogP contribution >= 0.6 is 0 Å². The SMILES string of the molecule is CCC(CCC(F)(F)F)NC(=O)N(CC)[C@H](C)c1cccc(-c2cc(COC)c3nccn3c2)c1. The van der Waals surface area contributed by atoms with Crippen molar-refractivity contribution in [3.05, 3.63) is 60.0 Å². The summed E-state index contributed by atoms with van der Waals surface area (Å²) in [5.74, 6) is 0. The minimum atomic E-state index is -4.24. The van der Waals surface area contributed by atoms with Gasteiger partial charge in [-0.25, -0.2) is 9.78 Å². The highest BCUT2D eigenvalue weighted by atomic mass is 19.4. The molecule has 0 saturated carbocycles. The molecule has 190 valence electrons. The van der Waals surface area contributed by atoms with E-state index in [1.807, 2.05) is 61.0 Å². The van der Waals surface area contributed by atoms with Crippen molar-refractivity contribution in [2.45, 2.75) is 64.9 Å². The van der Waals surface area contributed by atoms with Crippen LogP contribution in [0.25, 0.3) is 16.8 Å². The van der Waals surface area contributed by atoms with Crippen molar-refractivity contribution < 1.29 is 22.7 Å². The van der Waals surface area contributed by atoms with Gasteiger partial charge in [0.2, 0.25) is 0 Å². The van der Waals surface area contributed by atoms with E-state index in [9.17, 15) is 18.0 Å². The first-order valence-corrected chi connectivity index (χ1v) is 11.9. The zero-order chi connectivity index (χ0) is 25.6. The van der Waals surface area contributed by atoms with Gasteiger partial charge in [-0.3, -0.25) is 0 Å². The summed E-state index contributed by atoms with van der Waals surface area (Å²) in [7, 11) is 1.64. The van der Waals surface area contributed by atoms with Crippen LogP contribution in [0.5, 0.6) is 0 Å². The first-order chi connectivity index (χ1) is 16.7. The van der Waals surface area contributed by atoms with E-state index in [2.05, 4.69) is 10.3 Å². The second kappa shape index (κ2) is 11.6. The van der Waals surface area contributed by atoms with Crippen molar-refractivity contribution in [1.29, 1.82) is 0 Å². The van der Waals surface area contributed by atoms with Gasteiger partial charge in [0.1, 0.15) is 5.65 Å². The summed E-state index contributed by atoms with van der Waals surface area (Å²) in [5, 5.41) is 2.79. The number of carbonyl (C=O) groups excluding carboxylic acids is 1. The number of benzene rings is 1. The number of amides is 2. The molecule has 1 aromatic carbocycles. The molecular weight excluding hydrogens is 457 g/mol. The molecule has 2 atom stereocenters. The largest absolute Gasteiger partial charge is 0.389 e. The van der Waals surface area contributed by atoms with E-state index in [0.29, 0.717) is 19.6 Å². The van der Waals surface area contributed by atoms with Crippen molar-refractivity contribution in [1.82, 2.24) is 19.6 Å². The Morgan fingerprint density at radius 2 is 2.00 bits per heavy atom. The lowest BCUT2D eigenvalue weighted by Gasteiger charge is -2.31. The van der Waals surface area contributed by atoms with Gasteiger partial charge in [-0.15, -0.1) is 0 Å². The normalized spacial score (nSPS) is 13.6. The van der Waals surface area contributed by atoms with E-state index < -0.39 is 18.6 Å². The minimum Gasteiger partial charge on any atom is -0.380 e. The number of fused-ring (bicyclic) bond motifs is 1. The summed E-state index contributed by atoms with van der Waals surface area (Å²) in [5.41, 5.74) is 4.71. The summed E-state index contributed by atoms with van der Waals surface area (Å²) in [6, 6.07) is 8.83. The second-order valence-corrected chi connectivity index (χ2v) is 8.64. The number of imidazole rings is 1. The molecule has 0 spiro atoms. The van der Waals surface area contributed by atoms with E-state index in [-0.39, 0.29) is 18.5 Å². The number of urea groups is 1. The van der Waals surface area contributed by atoms with E-state index in [1.165, 1.54) is 0 Å². The number of ether oxygens (including phenoxy) is 1. The summed E-state index contributed by atoms with van der Waals surface area (Å²) >= 11 is 0. The predicted molar refractivity (Wildman–Crippen MR) is 130 cm³/mol. The molecule has 2 aromatic heterocycles. The maximum atomic E-state index is 13.0. The Labute approximate surface area is 204 Å². The van der Waals surface area contributed by atoms with Gasteiger partial charge in [-0.1, -0.05) is 25.1 Å². The van der Waals surface area contributed by atoms with Crippen molar-refractivity contribution in [2.75, 3.05) is 13.7 Å². The zero-order valence-corrected chi connectivity index (χ0v) is 20.6. The summed E-state index contributed by atoms with van der Waals surface area (Å²) in [6.07, 6.45) is 0.782. The molecule has 3 aromatic rings. The fourth-order valence-electron chi connectivity index (χ4n) is 4.25. The van der Waals surface area contributed by atoms with Gasteiger partial charge in [-0.05, 0) is 55.5 Å². The smallest absolute Gasteiger partial charge is 0.380 e. The Balaban J connectivity index is 1.81. The van der Waals surface area contributed by atoms with Crippen LogP contribution < -0.4 is 5.32 Å². The predicted octanol–water partition coefficient (Wildman–Crippen LogP) is 6.36. The number of alkyl halides is 3. The van der Waals surface area contributed by atoms with Crippen molar-refractivity contribution in [3.63, 3.8) is 0 Å². The van der Waals surface area contributed by atoms with E-state index in [1.54, 1.807) is 25.1 Å². The molecule has 35 heavy (non-hydrogen) atoms. The molecule has 9 heteroatoms. The second-order valence-electron chi connectivity index (χ2n) is 8.64. The van der Waals surface area contributed by atoms with Gasteiger partial charge in [0.05, 0.1) is 12.6 Å². The van der Waals surface area contributed by atoms with Gasteiger partial charge in [0.15, 0.2) is 0 Å². The fraction of sp³-hybridized carbons (Fsp3) is 0.462. The molecular formula is C26H33F3N4O2. The van der Waals surface area contributed by atoms with Crippen molar-refractivity contribution >= 4 is 11.7 Å². The molecule has 0 bridgehead atoms. The molecule has 0 aliphatic carbocycles. The number of hydrogen-bond donors (Lipinski definition) is 1. The van der Waals surface area contributed by atoms with Crippen LogP contribution in [0, 0.1) is 0 Å². The molecule has 1 unspecified atom stereocenters. The molecule has 0 radical (unpaired) electrons. The van der Waals surface area contributed by atoms with Crippen LogP contribution in [0.15, 0.2) is 48.9 Å². The summed E-state index contributed by atoms with van der Waals surface area (Å²) in [6.45, 7) is 6.42. The first-order valence-electron chi connectivity index (χ1n) is 11.9. The third-order valence-electron chi connectivity index (χ3n) is 6.23. The lowest BCUT2D eigenvalue weighted by molar-refractivity contribution is -0.136. The topological polar surface area (TPSA) is 58.9 Å². The number of hydrogen-bond acceptors (Lipinski definition) is 3. The highest BCUT2D eigenvalue weighted by Gasteiger charge is 2.29. The third kappa shape index (κ3) is 6.75. The van der Waals surface area contributed by atoms with Crippen LogP contribution in [0.3, 0.4) is 0 Å². The standard InChI is InChI=1S/C26H33F3N4O2/c1-5-23(10-11-26(27,28)29)31-25(34)33(6-2)18(3)19-8-7-9-20(14-19)21-15-22(17-35-4)24-30-12-13-32(24)16-21/h7-9,12-16,18,23H,5-6,10-11,17H2,1-4H3,(H,31,34)/t18-,23?/m1/s1. The van der Waals surface area contributed by atoms with E-state index in [4.69, 9.17) is 4.74 Å². The van der Waals surface area contributed by atoms with Crippen LogP contribution in [0.1, 0.15) is 57.2 Å². The molecule has 2 amide bonds. The highest BCUT2D eigenvalue weighted by molar-refractivity contribution is 5.75. The van der Waals surface area contributed by atoms with Gasteiger partial charge in [-0.2, -0.15) is 13.2 Å². The number of methoxy groups -OCH3 is 1. The highest BCUT2D eigenvalue weighted by Crippen LogP contribution is 2.28. The summed E-state index contributed by atoms with van der Waals surface area (Å²) < 4.78 is 45.2. The number of aromatic nitrogens is 2. The van der Waals surface area contributed by atoms with Gasteiger partial charge in [0, 0.05) is 50.3 Å². The van der Waals surface area contributed by atoms with E-state index >= 15 is 0 Å². The maximum absolute atomic E-state index is 13.0. The Hall–Kier alpha value is -3.07. The first kappa shape index (κ1) is 26.5. The van der Waals surface area contributed by atoms with E-state index in [0.717, 1.165) is 27.9 Å². The zero-order valence-electron chi connectivity index (χ0n) is 20.6. The minimum absolute atomic E-state index is 0.131. The van der Waals surface area contributed by atoms with Crippen LogP contribution in [-0.2, 0) is 11.3 Å². The quantitative estimate of drug-likeness (QED) is 0.360. The van der Waals surface area contributed by atoms with Gasteiger partial charge < -0.3 is 19.4 Å². The number of rotatable bonds is 10. The molecule has 2 heterocycles. The fourth-order valence-corrected chi connectivity index (χ4v) is 4.25. The molecule has 0 fully saturated rings. The van der Waals surface area contributed by atoms with Crippen LogP contribution in [0.2, 0.25) is 0 Å². The molecule has 3 rings (SSSR count). The number of nitrogens with one attached hydrogen (secondary N) is 1. The number of pyridine rings is 1. The Kier molecular flexibility index (Phi) is 8.77. The van der Waals surface area contributed by atoms with Crippen LogP contribution in [-0.4, -0.2) is 46.2 Å². The maximum Gasteiger partial charge on any atom is 0.389 e. The number of halogens is 3. The molecule has 0 saturated heterocycles. The molecule has 6 nitrogen and oxygen atoms in total. The molecule has 0 aliphatic heterocycles. The van der Waals surface area contributed by atoms with Gasteiger partial charge >= 0.3 is 12.2 Å². The van der Waals surface area contributed by atoms with Crippen molar-refractivity contribution in [3.8, 4) is 11.1 Å². The third-order valence-corrected chi connectivity index (χ3v) is 6.23. The lowest BCUT2D eigenvalue weighted by atomic mass is 9.99. The lowest BCUT2D eigenvalue weighted by Crippen LogP contribution is -2.45. The van der Waals surface area contributed by atoms with Gasteiger partial charge in [0.25, 0.3) is 0 Å². The Bertz CT molecular complexity index is 1130. The number of nitrogens with zero attached hydrogens (tertiary/aromatic N) is 3. The van der Waals surface area contributed by atoms with Crippen LogP contribution in [0.4, 0.5) is 18.0 Å². The van der Waals surface area contributed by atoms with Crippen molar-refractivity contribution in [2.24, 2.45) is 0 Å².